The van der Waals surface area contributed by atoms with Crippen LogP contribution in [-0.4, -0.2) is 31.6 Å². The lowest BCUT2D eigenvalue weighted by molar-refractivity contribution is 0.269. The number of aliphatic hydroxyl groups is 1. The average molecular weight is 237 g/mol. The summed E-state index contributed by atoms with van der Waals surface area (Å²) in [6, 6.07) is 0. The fraction of sp³-hybridized carbons (Fsp3) is 0.500. The van der Waals surface area contributed by atoms with Gasteiger partial charge in [-0.2, -0.15) is 10.1 Å². The minimum absolute atomic E-state index is 0.0931. The molecule has 7 heteroatoms. The molecule has 2 rings (SSSR count). The summed E-state index contributed by atoms with van der Waals surface area (Å²) >= 11 is 0. The number of aliphatic hydroxyl groups excluding tert-OH is 1. The lowest BCUT2D eigenvalue weighted by atomic mass is 10.3. The van der Waals surface area contributed by atoms with E-state index in [2.05, 4.69) is 20.6 Å². The fourth-order valence-corrected chi connectivity index (χ4v) is 1.45. The number of aromatic nitrogens is 4. The molecule has 0 bridgehead atoms. The van der Waals surface area contributed by atoms with Crippen molar-refractivity contribution in [1.29, 1.82) is 0 Å². The van der Waals surface area contributed by atoms with E-state index >= 15 is 0 Å². The highest BCUT2D eigenvalue weighted by Crippen LogP contribution is 1.99. The van der Waals surface area contributed by atoms with Crippen molar-refractivity contribution >= 4 is 0 Å². The standard InChI is InChI=1S/C10H15N5O2/c1-8-13-10(17-14-8)6-11-4-9-5-12-15(7-9)2-3-16/h5,7,11,16H,2-4,6H2,1H3. The summed E-state index contributed by atoms with van der Waals surface area (Å²) in [5, 5.41) is 19.7. The Bertz CT molecular complexity index is 465. The van der Waals surface area contributed by atoms with Gasteiger partial charge in [-0.25, -0.2) is 0 Å². The minimum Gasteiger partial charge on any atom is -0.394 e. The number of hydrogen-bond donors (Lipinski definition) is 2. The zero-order valence-electron chi connectivity index (χ0n) is 9.63. The Labute approximate surface area is 98.4 Å². The minimum atomic E-state index is 0.0931. The van der Waals surface area contributed by atoms with Gasteiger partial charge >= 0.3 is 0 Å². The molecule has 0 aliphatic rings. The van der Waals surface area contributed by atoms with E-state index in [0.717, 1.165) is 5.56 Å². The summed E-state index contributed by atoms with van der Waals surface area (Å²) in [7, 11) is 0. The molecule has 2 N–H and O–H groups in total. The lowest BCUT2D eigenvalue weighted by Gasteiger charge is -1.98. The van der Waals surface area contributed by atoms with Gasteiger partial charge in [0.25, 0.3) is 0 Å². The summed E-state index contributed by atoms with van der Waals surface area (Å²) in [5.41, 5.74) is 1.05. The molecule has 0 unspecified atom stereocenters. The number of nitrogens with one attached hydrogen (secondary N) is 1. The van der Waals surface area contributed by atoms with E-state index in [-0.39, 0.29) is 6.61 Å². The van der Waals surface area contributed by atoms with Crippen molar-refractivity contribution in [2.24, 2.45) is 0 Å². The Kier molecular flexibility index (Phi) is 3.84. The molecule has 2 aromatic rings. The van der Waals surface area contributed by atoms with Crippen molar-refractivity contribution in [1.82, 2.24) is 25.2 Å². The van der Waals surface area contributed by atoms with Gasteiger partial charge in [0, 0.05) is 18.3 Å². The Morgan fingerprint density at radius 3 is 3.06 bits per heavy atom. The lowest BCUT2D eigenvalue weighted by Crippen LogP contribution is -2.12. The second-order valence-electron chi connectivity index (χ2n) is 3.67. The third-order valence-corrected chi connectivity index (χ3v) is 2.19. The van der Waals surface area contributed by atoms with Gasteiger partial charge in [0.15, 0.2) is 5.82 Å². The second kappa shape index (κ2) is 5.55. The predicted molar refractivity (Wildman–Crippen MR) is 58.9 cm³/mol. The molecule has 0 amide bonds. The topological polar surface area (TPSA) is 89.0 Å². The zero-order valence-corrected chi connectivity index (χ0v) is 9.63. The molecular weight excluding hydrogens is 222 g/mol. The molecule has 0 aliphatic heterocycles. The number of rotatable bonds is 6. The third-order valence-electron chi connectivity index (χ3n) is 2.19. The highest BCUT2D eigenvalue weighted by atomic mass is 16.5. The Balaban J connectivity index is 1.77. The Morgan fingerprint density at radius 2 is 2.35 bits per heavy atom. The van der Waals surface area contributed by atoms with E-state index in [4.69, 9.17) is 9.63 Å². The molecule has 0 saturated carbocycles. The molecule has 0 spiro atoms. The van der Waals surface area contributed by atoms with Gasteiger partial charge in [0.2, 0.25) is 5.89 Å². The van der Waals surface area contributed by atoms with Crippen molar-refractivity contribution < 1.29 is 9.63 Å². The summed E-state index contributed by atoms with van der Waals surface area (Å²) in [6.45, 7) is 3.60. The largest absolute Gasteiger partial charge is 0.394 e. The molecule has 7 nitrogen and oxygen atoms in total. The van der Waals surface area contributed by atoms with Crippen LogP contribution in [0.4, 0.5) is 0 Å². The molecule has 92 valence electrons. The van der Waals surface area contributed by atoms with Crippen LogP contribution in [0.25, 0.3) is 0 Å². The molecule has 0 saturated heterocycles. The maximum Gasteiger partial charge on any atom is 0.240 e. The summed E-state index contributed by atoms with van der Waals surface area (Å²) in [4.78, 5) is 4.08. The van der Waals surface area contributed by atoms with Gasteiger partial charge in [-0.05, 0) is 6.92 Å². The first-order chi connectivity index (χ1) is 8.28. The Morgan fingerprint density at radius 1 is 1.47 bits per heavy atom. The van der Waals surface area contributed by atoms with Gasteiger partial charge in [0.05, 0.1) is 25.9 Å². The molecule has 2 aromatic heterocycles. The average Bonchev–Trinajstić information content (AvgIpc) is 2.89. The predicted octanol–water partition coefficient (Wildman–Crippen LogP) is -0.143. The first kappa shape index (κ1) is 11.7. The molecule has 0 radical (unpaired) electrons. The van der Waals surface area contributed by atoms with Crippen LogP contribution in [0, 0.1) is 6.92 Å². The highest BCUT2D eigenvalue weighted by Gasteiger charge is 2.02. The molecule has 0 atom stereocenters. The summed E-state index contributed by atoms with van der Waals surface area (Å²) in [5.74, 6) is 1.21. The third kappa shape index (κ3) is 3.36. The number of hydrogen-bond acceptors (Lipinski definition) is 6. The summed E-state index contributed by atoms with van der Waals surface area (Å²) in [6.07, 6.45) is 3.66. The van der Waals surface area contributed by atoms with Crippen molar-refractivity contribution in [3.05, 3.63) is 29.7 Å². The maximum absolute atomic E-state index is 8.75. The quantitative estimate of drug-likeness (QED) is 0.726. The van der Waals surface area contributed by atoms with E-state index in [9.17, 15) is 0 Å². The van der Waals surface area contributed by atoms with Gasteiger partial charge in [-0.3, -0.25) is 4.68 Å². The van der Waals surface area contributed by atoms with Crippen LogP contribution in [0.1, 0.15) is 17.3 Å². The van der Waals surface area contributed by atoms with Gasteiger partial charge in [-0.1, -0.05) is 5.16 Å². The van der Waals surface area contributed by atoms with Crippen LogP contribution in [0.5, 0.6) is 0 Å². The van der Waals surface area contributed by atoms with Crippen LogP contribution < -0.4 is 5.32 Å². The molecule has 0 aliphatic carbocycles. The van der Waals surface area contributed by atoms with E-state index in [1.165, 1.54) is 0 Å². The monoisotopic (exact) mass is 237 g/mol. The number of nitrogens with zero attached hydrogens (tertiary/aromatic N) is 4. The number of aryl methyl sites for hydroxylation is 1. The van der Waals surface area contributed by atoms with E-state index in [1.807, 2.05) is 6.20 Å². The second-order valence-corrected chi connectivity index (χ2v) is 3.67. The molecule has 2 heterocycles. The van der Waals surface area contributed by atoms with E-state index < -0.39 is 0 Å². The normalized spacial score (nSPS) is 10.9. The Hall–Kier alpha value is -1.73. The van der Waals surface area contributed by atoms with Crippen LogP contribution >= 0.6 is 0 Å². The van der Waals surface area contributed by atoms with Gasteiger partial charge in [-0.15, -0.1) is 0 Å². The maximum atomic E-state index is 8.75. The van der Waals surface area contributed by atoms with Crippen LogP contribution in [0.3, 0.4) is 0 Å². The van der Waals surface area contributed by atoms with E-state index in [1.54, 1.807) is 17.8 Å². The SMILES string of the molecule is Cc1noc(CNCc2cnn(CCO)c2)n1. The van der Waals surface area contributed by atoms with Crippen LogP contribution in [0.2, 0.25) is 0 Å². The summed E-state index contributed by atoms with van der Waals surface area (Å²) < 4.78 is 6.67. The molecule has 0 fully saturated rings. The first-order valence-corrected chi connectivity index (χ1v) is 5.40. The smallest absolute Gasteiger partial charge is 0.240 e. The fourth-order valence-electron chi connectivity index (χ4n) is 1.45. The molecule has 0 aromatic carbocycles. The van der Waals surface area contributed by atoms with Crippen LogP contribution in [-0.2, 0) is 19.6 Å². The molecule has 17 heavy (non-hydrogen) atoms. The zero-order chi connectivity index (χ0) is 12.1. The van der Waals surface area contributed by atoms with Crippen molar-refractivity contribution in [2.75, 3.05) is 6.61 Å². The highest BCUT2D eigenvalue weighted by molar-refractivity contribution is 5.03. The van der Waals surface area contributed by atoms with E-state index in [0.29, 0.717) is 31.3 Å². The van der Waals surface area contributed by atoms with Crippen LogP contribution in [0.15, 0.2) is 16.9 Å². The van der Waals surface area contributed by atoms with Crippen molar-refractivity contribution in [3.63, 3.8) is 0 Å². The van der Waals surface area contributed by atoms with Crippen molar-refractivity contribution in [2.45, 2.75) is 26.6 Å². The van der Waals surface area contributed by atoms with Crippen molar-refractivity contribution in [3.8, 4) is 0 Å². The first-order valence-electron chi connectivity index (χ1n) is 5.40. The van der Waals surface area contributed by atoms with Gasteiger partial charge < -0.3 is 14.9 Å². The molecular formula is C10H15N5O2. The van der Waals surface area contributed by atoms with Gasteiger partial charge in [0.1, 0.15) is 0 Å².